The van der Waals surface area contributed by atoms with Crippen LogP contribution >= 0.6 is 0 Å². The zero-order valence-electron chi connectivity index (χ0n) is 12.3. The van der Waals surface area contributed by atoms with Gasteiger partial charge in [-0.1, -0.05) is 48.5 Å². The maximum Gasteiger partial charge on any atom is 0.339 e. The lowest BCUT2D eigenvalue weighted by Crippen LogP contribution is -2.35. The molecule has 0 bridgehead atoms. The highest BCUT2D eigenvalue weighted by Crippen LogP contribution is 2.50. The van der Waals surface area contributed by atoms with E-state index in [1.165, 1.54) is 30.5 Å². The first kappa shape index (κ1) is 15.2. The Balaban J connectivity index is 1.63. The Kier molecular flexibility index (Phi) is 3.22. The molecule has 1 fully saturated rings. The van der Waals surface area contributed by atoms with E-state index in [0.29, 0.717) is 23.5 Å². The van der Waals surface area contributed by atoms with E-state index in [1.54, 1.807) is 0 Å². The Morgan fingerprint density at radius 3 is 1.67 bits per heavy atom. The molecule has 124 valence electrons. The van der Waals surface area contributed by atoms with E-state index in [-0.39, 0.29) is 6.10 Å². The monoisotopic (exact) mass is 336 g/mol. The van der Waals surface area contributed by atoms with Crippen molar-refractivity contribution in [3.8, 4) is 0 Å². The predicted octanol–water partition coefficient (Wildman–Crippen LogP) is 4.97. The summed E-state index contributed by atoms with van der Waals surface area (Å²) in [6.07, 6.45) is 1.34. The average molecular weight is 336 g/mol. The van der Waals surface area contributed by atoms with E-state index >= 15 is 0 Å². The normalized spacial score (nSPS) is 19.5. The summed E-state index contributed by atoms with van der Waals surface area (Å²) in [5.41, 5.74) is -0.187. The van der Waals surface area contributed by atoms with Crippen LogP contribution in [0.25, 0.3) is 5.76 Å². The molecule has 2 heterocycles. The first-order valence-corrected chi connectivity index (χ1v) is 7.35. The molecule has 0 aliphatic carbocycles. The lowest BCUT2D eigenvalue weighted by molar-refractivity contribution is -0.223. The van der Waals surface area contributed by atoms with Crippen LogP contribution in [0.1, 0.15) is 28.4 Å². The number of hydrogen-bond donors (Lipinski definition) is 0. The van der Waals surface area contributed by atoms with E-state index in [2.05, 4.69) is 0 Å². The Labute approximate surface area is 135 Å². The van der Waals surface area contributed by atoms with Crippen LogP contribution in [0.4, 0.5) is 17.6 Å². The van der Waals surface area contributed by atoms with E-state index in [9.17, 15) is 17.6 Å². The fourth-order valence-corrected chi connectivity index (χ4v) is 2.52. The van der Waals surface area contributed by atoms with Crippen LogP contribution in [0.15, 0.2) is 54.8 Å². The molecule has 1 unspecified atom stereocenters. The third kappa shape index (κ3) is 2.47. The summed E-state index contributed by atoms with van der Waals surface area (Å²) in [6, 6.07) is 9.53. The maximum absolute atomic E-state index is 14.4. The van der Waals surface area contributed by atoms with Gasteiger partial charge in [0.25, 0.3) is 0 Å². The summed E-state index contributed by atoms with van der Waals surface area (Å²) < 4.78 is 67.6. The number of alkyl halides is 4. The summed E-state index contributed by atoms with van der Waals surface area (Å²) in [7, 11) is 0. The highest BCUT2D eigenvalue weighted by atomic mass is 19.3. The van der Waals surface area contributed by atoms with Crippen LogP contribution < -0.4 is 0 Å². The van der Waals surface area contributed by atoms with E-state index in [4.69, 9.17) is 9.47 Å². The summed E-state index contributed by atoms with van der Waals surface area (Å²) in [4.78, 5) is 0. The molecule has 0 amide bonds. The zero-order chi connectivity index (χ0) is 16.9. The lowest BCUT2D eigenvalue weighted by Gasteiger charge is -2.27. The van der Waals surface area contributed by atoms with Crippen LogP contribution in [0.5, 0.6) is 0 Å². The maximum atomic E-state index is 14.4. The SMILES string of the molecule is FC(F)(c1ccc(C2=CO2)cc1)C(F)(F)c1ccc(C2CO2)cc1. The molecule has 0 radical (unpaired) electrons. The van der Waals surface area contributed by atoms with Gasteiger partial charge >= 0.3 is 11.8 Å². The molecule has 2 aliphatic rings. The van der Waals surface area contributed by atoms with Crippen molar-refractivity contribution in [3.63, 3.8) is 0 Å². The molecule has 4 rings (SSSR count). The Bertz CT molecular complexity index is 791. The minimum Gasteiger partial charge on any atom is -0.457 e. The minimum absolute atomic E-state index is 0.111. The lowest BCUT2D eigenvalue weighted by atomic mass is 9.94. The van der Waals surface area contributed by atoms with Gasteiger partial charge in [0.05, 0.1) is 6.61 Å². The highest BCUT2D eigenvalue weighted by molar-refractivity contribution is 5.67. The van der Waals surface area contributed by atoms with Crippen molar-refractivity contribution in [1.82, 2.24) is 0 Å². The van der Waals surface area contributed by atoms with E-state index < -0.39 is 23.0 Å². The molecule has 0 spiro atoms. The van der Waals surface area contributed by atoms with Crippen molar-refractivity contribution in [1.29, 1.82) is 0 Å². The van der Waals surface area contributed by atoms with Gasteiger partial charge in [-0.2, -0.15) is 17.6 Å². The van der Waals surface area contributed by atoms with Crippen molar-refractivity contribution in [2.45, 2.75) is 17.9 Å². The van der Waals surface area contributed by atoms with Gasteiger partial charge in [-0.25, -0.2) is 0 Å². The van der Waals surface area contributed by atoms with E-state index in [1.807, 2.05) is 0 Å². The van der Waals surface area contributed by atoms with Crippen LogP contribution in [0.2, 0.25) is 0 Å². The molecule has 6 heteroatoms. The standard InChI is InChI=1S/C18H12F4O2/c19-17(20,13-5-1-11(2-6-13)15-9-23-15)18(21,22)14-7-3-12(4-8-14)16-10-24-16/h1-9,16H,10H2. The van der Waals surface area contributed by atoms with Gasteiger partial charge in [0.15, 0.2) is 5.76 Å². The van der Waals surface area contributed by atoms with Crippen LogP contribution in [-0.2, 0) is 21.3 Å². The fraction of sp³-hybridized carbons (Fsp3) is 0.222. The molecular weight excluding hydrogens is 324 g/mol. The van der Waals surface area contributed by atoms with Crippen LogP contribution in [0, 0.1) is 0 Å². The molecule has 0 aromatic heterocycles. The molecule has 1 atom stereocenters. The Hall–Kier alpha value is -2.34. The molecule has 2 aromatic carbocycles. The van der Waals surface area contributed by atoms with Crippen LogP contribution in [0.3, 0.4) is 0 Å². The second-order valence-corrected chi connectivity index (χ2v) is 5.77. The number of hydrogen-bond acceptors (Lipinski definition) is 2. The molecule has 1 saturated heterocycles. The number of benzene rings is 2. The van der Waals surface area contributed by atoms with Gasteiger partial charge in [0.2, 0.25) is 0 Å². The summed E-state index contributed by atoms with van der Waals surface area (Å²) >= 11 is 0. The Morgan fingerprint density at radius 2 is 1.25 bits per heavy atom. The van der Waals surface area contributed by atoms with Crippen molar-refractivity contribution in [3.05, 3.63) is 77.0 Å². The second kappa shape index (κ2) is 5.08. The molecule has 2 nitrogen and oxygen atoms in total. The van der Waals surface area contributed by atoms with Crippen molar-refractivity contribution < 1.29 is 27.0 Å². The molecule has 0 saturated carbocycles. The van der Waals surface area contributed by atoms with Crippen molar-refractivity contribution >= 4 is 5.76 Å². The number of rotatable bonds is 5. The third-order valence-electron chi connectivity index (χ3n) is 4.14. The average Bonchev–Trinajstić information content (AvgIpc) is 3.48. The zero-order valence-corrected chi connectivity index (χ0v) is 12.3. The summed E-state index contributed by atoms with van der Waals surface area (Å²) in [6.45, 7) is 0.526. The summed E-state index contributed by atoms with van der Waals surface area (Å²) in [5, 5.41) is 0. The highest BCUT2D eigenvalue weighted by Gasteiger charge is 2.58. The molecule has 2 aromatic rings. The Morgan fingerprint density at radius 1 is 0.792 bits per heavy atom. The number of epoxide rings is 1. The van der Waals surface area contributed by atoms with E-state index in [0.717, 1.165) is 24.3 Å². The van der Waals surface area contributed by atoms with Crippen molar-refractivity contribution in [2.24, 2.45) is 0 Å². The predicted molar refractivity (Wildman–Crippen MR) is 78.4 cm³/mol. The first-order chi connectivity index (χ1) is 11.4. The number of ether oxygens (including phenoxy) is 2. The summed E-state index contributed by atoms with van der Waals surface area (Å²) in [5.74, 6) is -8.11. The van der Waals surface area contributed by atoms with Gasteiger partial charge in [-0.05, 0) is 5.56 Å². The largest absolute Gasteiger partial charge is 0.457 e. The first-order valence-electron chi connectivity index (χ1n) is 7.35. The molecule has 2 aliphatic heterocycles. The fourth-order valence-electron chi connectivity index (χ4n) is 2.52. The van der Waals surface area contributed by atoms with Gasteiger partial charge in [-0.3, -0.25) is 0 Å². The number of halogens is 4. The quantitative estimate of drug-likeness (QED) is 0.569. The topological polar surface area (TPSA) is 25.1 Å². The molecule has 0 N–H and O–H groups in total. The third-order valence-corrected chi connectivity index (χ3v) is 4.14. The minimum atomic E-state index is -4.33. The second-order valence-electron chi connectivity index (χ2n) is 5.77. The smallest absolute Gasteiger partial charge is 0.339 e. The van der Waals surface area contributed by atoms with Gasteiger partial charge in [-0.15, -0.1) is 0 Å². The van der Waals surface area contributed by atoms with Gasteiger partial charge < -0.3 is 9.47 Å². The van der Waals surface area contributed by atoms with Gasteiger partial charge in [0.1, 0.15) is 12.4 Å². The molecule has 24 heavy (non-hydrogen) atoms. The van der Waals surface area contributed by atoms with Crippen LogP contribution in [-0.4, -0.2) is 6.61 Å². The molecular formula is C18H12F4O2. The van der Waals surface area contributed by atoms with Crippen molar-refractivity contribution in [2.75, 3.05) is 6.61 Å². The van der Waals surface area contributed by atoms with Gasteiger partial charge in [0, 0.05) is 16.7 Å².